The molecular formula is C15H12N4O. The third-order valence-electron chi connectivity index (χ3n) is 2.85. The van der Waals surface area contributed by atoms with Crippen molar-refractivity contribution in [2.75, 3.05) is 0 Å². The lowest BCUT2D eigenvalue weighted by Gasteiger charge is -1.92. The maximum Gasteiger partial charge on any atom is 0.345 e. The van der Waals surface area contributed by atoms with E-state index in [0.29, 0.717) is 0 Å². The van der Waals surface area contributed by atoms with Gasteiger partial charge in [0.25, 0.3) is 0 Å². The Morgan fingerprint density at radius 1 is 0.850 bits per heavy atom. The van der Waals surface area contributed by atoms with E-state index in [1.807, 2.05) is 48.5 Å². The van der Waals surface area contributed by atoms with Crippen molar-refractivity contribution < 1.29 is 0 Å². The second kappa shape index (κ2) is 5.36. The number of rotatable bonds is 0. The minimum absolute atomic E-state index is 0.302. The van der Waals surface area contributed by atoms with E-state index >= 15 is 0 Å². The Bertz CT molecular complexity index is 864. The zero-order valence-electron chi connectivity index (χ0n) is 10.6. The largest absolute Gasteiger partial charge is 0.345 e. The van der Waals surface area contributed by atoms with Gasteiger partial charge in [0.05, 0.1) is 22.9 Å². The summed E-state index contributed by atoms with van der Waals surface area (Å²) in [5.41, 5.74) is 2.64. The van der Waals surface area contributed by atoms with Crippen LogP contribution in [0.3, 0.4) is 0 Å². The molecule has 0 spiro atoms. The quantitative estimate of drug-likeness (QED) is 0.512. The highest BCUT2D eigenvalue weighted by Crippen LogP contribution is 2.05. The smallest absolute Gasteiger partial charge is 0.345 e. The Morgan fingerprint density at radius 2 is 1.60 bits per heavy atom. The van der Waals surface area contributed by atoms with Gasteiger partial charge in [0.2, 0.25) is 0 Å². The molecule has 2 N–H and O–H groups in total. The monoisotopic (exact) mass is 264 g/mol. The van der Waals surface area contributed by atoms with Crippen molar-refractivity contribution in [2.45, 2.75) is 0 Å². The molecule has 0 radical (unpaired) electrons. The van der Waals surface area contributed by atoms with Gasteiger partial charge in [-0.2, -0.15) is 0 Å². The molecule has 5 heteroatoms. The Hall–Kier alpha value is -2.95. The number of benzene rings is 2. The molecule has 0 aliphatic heterocycles. The van der Waals surface area contributed by atoms with Gasteiger partial charge < -0.3 is 9.97 Å². The van der Waals surface area contributed by atoms with Gasteiger partial charge >= 0.3 is 5.69 Å². The predicted molar refractivity (Wildman–Crippen MR) is 78.5 cm³/mol. The first kappa shape index (κ1) is 12.1. The van der Waals surface area contributed by atoms with Crippen LogP contribution in [0.25, 0.3) is 21.9 Å². The number of nitrogens with one attached hydrogen (secondary N) is 2. The van der Waals surface area contributed by atoms with Crippen LogP contribution in [0.5, 0.6) is 0 Å². The molecule has 4 rings (SSSR count). The minimum Gasteiger partial charge on any atom is -0.345 e. The fraction of sp³-hybridized carbons (Fsp3) is 0. The Morgan fingerprint density at radius 3 is 2.45 bits per heavy atom. The van der Waals surface area contributed by atoms with E-state index < -0.39 is 0 Å². The van der Waals surface area contributed by atoms with E-state index in [4.69, 9.17) is 0 Å². The molecule has 0 saturated carbocycles. The molecule has 0 amide bonds. The van der Waals surface area contributed by atoms with Gasteiger partial charge in [-0.3, -0.25) is 0 Å². The minimum atomic E-state index is -0.302. The maximum atomic E-state index is 10.7. The van der Waals surface area contributed by atoms with E-state index in [0.717, 1.165) is 21.9 Å². The van der Waals surface area contributed by atoms with E-state index in [-0.39, 0.29) is 5.69 Å². The van der Waals surface area contributed by atoms with Crippen molar-refractivity contribution in [1.29, 1.82) is 0 Å². The van der Waals surface area contributed by atoms with Gasteiger partial charge in [0.15, 0.2) is 0 Å². The van der Waals surface area contributed by atoms with Crippen LogP contribution in [-0.2, 0) is 0 Å². The number of aromatic amines is 2. The normalized spacial score (nSPS) is 10.2. The molecule has 5 nitrogen and oxygen atoms in total. The number of hydrogen-bond donors (Lipinski definition) is 2. The Balaban J connectivity index is 0.000000123. The SMILES string of the molecule is O=c1ncc2ccccc2[nH]1.c1ccc2[nH]cnc2c1. The molecule has 0 fully saturated rings. The van der Waals surface area contributed by atoms with E-state index in [1.54, 1.807) is 12.5 Å². The van der Waals surface area contributed by atoms with Crippen molar-refractivity contribution in [3.63, 3.8) is 0 Å². The van der Waals surface area contributed by atoms with E-state index in [2.05, 4.69) is 19.9 Å². The van der Waals surface area contributed by atoms with Gasteiger partial charge in [-0.15, -0.1) is 0 Å². The lowest BCUT2D eigenvalue weighted by molar-refractivity contribution is 1.12. The number of aromatic nitrogens is 4. The molecule has 4 aromatic rings. The van der Waals surface area contributed by atoms with Crippen LogP contribution in [0.1, 0.15) is 0 Å². The zero-order chi connectivity index (χ0) is 13.8. The summed E-state index contributed by atoms with van der Waals surface area (Å²) in [6, 6.07) is 15.5. The first-order chi connectivity index (χ1) is 9.83. The third kappa shape index (κ3) is 2.56. The van der Waals surface area contributed by atoms with Crippen LogP contribution in [0.4, 0.5) is 0 Å². The highest BCUT2D eigenvalue weighted by molar-refractivity contribution is 5.76. The molecule has 0 atom stereocenters. The van der Waals surface area contributed by atoms with Crippen molar-refractivity contribution in [1.82, 2.24) is 19.9 Å². The van der Waals surface area contributed by atoms with Crippen LogP contribution in [0.2, 0.25) is 0 Å². The van der Waals surface area contributed by atoms with Crippen LogP contribution < -0.4 is 5.69 Å². The molecule has 0 aliphatic rings. The summed E-state index contributed by atoms with van der Waals surface area (Å²) in [7, 11) is 0. The lowest BCUT2D eigenvalue weighted by atomic mass is 10.2. The van der Waals surface area contributed by atoms with Crippen LogP contribution in [-0.4, -0.2) is 19.9 Å². The standard InChI is InChI=1S/C8H6N2O.C7H6N2/c11-8-9-5-6-3-1-2-4-7(6)10-8;1-2-4-7-6(3-1)8-5-9-7/h1-5H,(H,9,10,11);1-5H,(H,8,9). The maximum absolute atomic E-state index is 10.7. The fourth-order valence-electron chi connectivity index (χ4n) is 1.88. The molecule has 2 aromatic carbocycles. The predicted octanol–water partition coefficient (Wildman–Crippen LogP) is 2.49. The van der Waals surface area contributed by atoms with Crippen LogP contribution >= 0.6 is 0 Å². The van der Waals surface area contributed by atoms with Gasteiger partial charge in [-0.05, 0) is 18.2 Å². The van der Waals surface area contributed by atoms with Crippen molar-refractivity contribution in [2.24, 2.45) is 0 Å². The molecule has 0 unspecified atom stereocenters. The molecule has 2 heterocycles. The van der Waals surface area contributed by atoms with Gasteiger partial charge in [-0.25, -0.2) is 14.8 Å². The second-order valence-corrected chi connectivity index (χ2v) is 4.20. The summed E-state index contributed by atoms with van der Waals surface area (Å²) in [6.45, 7) is 0. The molecule has 20 heavy (non-hydrogen) atoms. The summed E-state index contributed by atoms with van der Waals surface area (Å²) >= 11 is 0. The van der Waals surface area contributed by atoms with Crippen molar-refractivity contribution in [3.8, 4) is 0 Å². The third-order valence-corrected chi connectivity index (χ3v) is 2.85. The summed E-state index contributed by atoms with van der Waals surface area (Å²) in [5, 5.41) is 0.951. The summed E-state index contributed by atoms with van der Waals surface area (Å²) in [6.07, 6.45) is 3.26. The molecule has 2 aromatic heterocycles. The first-order valence-electron chi connectivity index (χ1n) is 6.15. The molecular weight excluding hydrogens is 252 g/mol. The van der Waals surface area contributed by atoms with Crippen LogP contribution in [0.15, 0.2) is 65.8 Å². The molecule has 0 bridgehead atoms. The summed E-state index contributed by atoms with van der Waals surface area (Å²) in [5.74, 6) is 0. The fourth-order valence-corrected chi connectivity index (χ4v) is 1.88. The van der Waals surface area contributed by atoms with Gasteiger partial charge in [0, 0.05) is 11.6 Å². The number of fused-ring (bicyclic) bond motifs is 2. The van der Waals surface area contributed by atoms with Crippen molar-refractivity contribution >= 4 is 21.9 Å². The second-order valence-electron chi connectivity index (χ2n) is 4.20. The van der Waals surface area contributed by atoms with Gasteiger partial charge in [0.1, 0.15) is 0 Å². The lowest BCUT2D eigenvalue weighted by Crippen LogP contribution is -2.07. The van der Waals surface area contributed by atoms with Crippen molar-refractivity contribution in [3.05, 3.63) is 71.5 Å². The number of hydrogen-bond acceptors (Lipinski definition) is 3. The number of imidazole rings is 1. The molecule has 98 valence electrons. The Labute approximate surface area is 114 Å². The highest BCUT2D eigenvalue weighted by atomic mass is 16.1. The first-order valence-corrected chi connectivity index (χ1v) is 6.15. The average Bonchev–Trinajstić information content (AvgIpc) is 2.96. The highest BCUT2D eigenvalue weighted by Gasteiger charge is 1.90. The summed E-state index contributed by atoms with van der Waals surface area (Å²) < 4.78 is 0. The van der Waals surface area contributed by atoms with E-state index in [9.17, 15) is 4.79 Å². The van der Waals surface area contributed by atoms with Crippen LogP contribution in [0, 0.1) is 0 Å². The number of nitrogens with zero attached hydrogens (tertiary/aromatic N) is 2. The van der Waals surface area contributed by atoms with Gasteiger partial charge in [-0.1, -0.05) is 30.3 Å². The summed E-state index contributed by atoms with van der Waals surface area (Å²) in [4.78, 5) is 24.0. The molecule has 0 saturated heterocycles. The topological polar surface area (TPSA) is 74.4 Å². The number of H-pyrrole nitrogens is 2. The average molecular weight is 264 g/mol. The zero-order valence-corrected chi connectivity index (χ0v) is 10.6. The molecule has 0 aliphatic carbocycles. The van der Waals surface area contributed by atoms with E-state index in [1.165, 1.54) is 0 Å². The Kier molecular flexibility index (Phi) is 3.24. The number of para-hydroxylation sites is 3.